The lowest BCUT2D eigenvalue weighted by Gasteiger charge is -2.43. The molecular formula is C67H43BN2S2. The van der Waals surface area contributed by atoms with E-state index < -0.39 is 10.8 Å². The minimum Gasteiger partial charge on any atom is -0.310 e. The van der Waals surface area contributed by atoms with Crippen LogP contribution >= 0.6 is 22.7 Å². The number of para-hydroxylation sites is 1. The number of hydrogen-bond acceptors (Lipinski definition) is 4. The number of anilines is 6. The van der Waals surface area contributed by atoms with E-state index in [9.17, 15) is 0 Å². The minimum absolute atomic E-state index is 0.0256. The molecule has 0 radical (unpaired) electrons. The molecule has 2 nitrogen and oxygen atoms in total. The molecule has 0 fully saturated rings. The standard InChI is InChI=1S/C67H43BN2S2/c1-38-29-32-42(33-30-38)70-56-37-40(3)36-55-59(56)68(65-61(70)58-48-34-31-39(2)35-54(48)67(63(58)72-65)51-26-14-9-21-45(51)46-22-10-15-27-52(46)67)64-60(69(55)41-17-5-4-6-18-41)57-47-23-11-16-28-53(47)66(62(57)71-64)49-24-12-7-19-43(49)44-20-8-13-25-50(44)66/h4-37H,1-3H3. The smallest absolute Gasteiger partial charge is 0.277 e. The molecule has 0 amide bonds. The summed E-state index contributed by atoms with van der Waals surface area (Å²) < 4.78 is 2.85. The van der Waals surface area contributed by atoms with Crippen molar-refractivity contribution >= 4 is 78.5 Å². The van der Waals surface area contributed by atoms with E-state index in [1.807, 2.05) is 0 Å². The molecule has 4 heterocycles. The van der Waals surface area contributed by atoms with E-state index in [4.69, 9.17) is 0 Å². The molecule has 72 heavy (non-hydrogen) atoms. The molecule has 11 aromatic rings. The zero-order chi connectivity index (χ0) is 47.4. The maximum Gasteiger partial charge on any atom is 0.277 e. The molecular weight excluding hydrogens is 908 g/mol. The zero-order valence-electron chi connectivity index (χ0n) is 39.9. The predicted octanol–water partition coefficient (Wildman–Crippen LogP) is 15.5. The summed E-state index contributed by atoms with van der Waals surface area (Å²) in [7, 11) is 0. The van der Waals surface area contributed by atoms with Crippen molar-refractivity contribution in [2.24, 2.45) is 0 Å². The Labute approximate surface area is 427 Å². The van der Waals surface area contributed by atoms with E-state index in [0.29, 0.717) is 0 Å². The first-order valence-electron chi connectivity index (χ1n) is 25.3. The molecule has 17 rings (SSSR count). The van der Waals surface area contributed by atoms with Crippen LogP contribution < -0.4 is 24.8 Å². The molecule has 0 saturated heterocycles. The average molecular weight is 951 g/mol. The third kappa shape index (κ3) is 4.52. The van der Waals surface area contributed by atoms with Gasteiger partial charge < -0.3 is 9.80 Å². The Bertz CT molecular complexity index is 4140. The Hall–Kier alpha value is -7.96. The van der Waals surface area contributed by atoms with E-state index in [1.165, 1.54) is 153 Å². The predicted molar refractivity (Wildman–Crippen MR) is 303 cm³/mol. The van der Waals surface area contributed by atoms with Gasteiger partial charge in [0.1, 0.15) is 0 Å². The van der Waals surface area contributed by atoms with Gasteiger partial charge in [-0.2, -0.15) is 0 Å². The van der Waals surface area contributed by atoms with Crippen molar-refractivity contribution in [1.82, 2.24) is 0 Å². The highest BCUT2D eigenvalue weighted by Gasteiger charge is 2.60. The fourth-order valence-electron chi connectivity index (χ4n) is 14.6. The number of benzene rings is 9. The molecule has 0 N–H and O–H groups in total. The van der Waals surface area contributed by atoms with Crippen LogP contribution in [0, 0.1) is 20.8 Å². The second kappa shape index (κ2) is 13.7. The van der Waals surface area contributed by atoms with E-state index in [1.54, 1.807) is 0 Å². The molecule has 2 aliphatic heterocycles. The third-order valence-corrected chi connectivity index (χ3v) is 19.9. The SMILES string of the molecule is Cc1ccc(N2c3cc(C)cc4c3B(c3sc5c(c3N4c3ccccc3)-c3ccccc3C53c4ccccc4-c4ccccc43)c3sc4c(c32)-c2ccc(C)cc2C42c3ccccc3-c3ccccc32)cc1. The van der Waals surface area contributed by atoms with Crippen molar-refractivity contribution in [1.29, 1.82) is 0 Å². The first-order chi connectivity index (χ1) is 35.5. The van der Waals surface area contributed by atoms with Gasteiger partial charge in [-0.1, -0.05) is 181 Å². The van der Waals surface area contributed by atoms with Crippen LogP contribution in [0.2, 0.25) is 0 Å². The van der Waals surface area contributed by atoms with Crippen molar-refractivity contribution in [2.75, 3.05) is 9.80 Å². The number of thiophene rings is 2. The largest absolute Gasteiger partial charge is 0.310 e. The summed E-state index contributed by atoms with van der Waals surface area (Å²) in [5.74, 6) is 0. The molecule has 4 aliphatic carbocycles. The monoisotopic (exact) mass is 950 g/mol. The summed E-state index contributed by atoms with van der Waals surface area (Å²) in [6.07, 6.45) is 0. The van der Waals surface area contributed by atoms with Crippen molar-refractivity contribution in [3.63, 3.8) is 0 Å². The summed E-state index contributed by atoms with van der Waals surface area (Å²) in [4.78, 5) is 8.21. The van der Waals surface area contributed by atoms with Gasteiger partial charge in [0.15, 0.2) is 0 Å². The van der Waals surface area contributed by atoms with Gasteiger partial charge in [-0.15, -0.1) is 22.7 Å². The summed E-state index contributed by atoms with van der Waals surface area (Å²) in [5.41, 5.74) is 30.9. The molecule has 0 bridgehead atoms. The minimum atomic E-state index is -0.471. The summed E-state index contributed by atoms with van der Waals surface area (Å²) in [6.45, 7) is 6.75. The van der Waals surface area contributed by atoms with Crippen LogP contribution in [-0.4, -0.2) is 6.71 Å². The lowest BCUT2D eigenvalue weighted by Crippen LogP contribution is -2.59. The molecule has 9 aromatic carbocycles. The van der Waals surface area contributed by atoms with Crippen LogP contribution in [0.15, 0.2) is 206 Å². The van der Waals surface area contributed by atoms with Crippen LogP contribution in [0.5, 0.6) is 0 Å². The molecule has 2 aromatic heterocycles. The van der Waals surface area contributed by atoms with Gasteiger partial charge >= 0.3 is 0 Å². The van der Waals surface area contributed by atoms with E-state index in [0.717, 1.165) is 0 Å². The van der Waals surface area contributed by atoms with E-state index >= 15 is 0 Å². The fourth-order valence-corrected chi connectivity index (χ4v) is 18.0. The molecule has 2 spiro atoms. The summed E-state index contributed by atoms with van der Waals surface area (Å²) in [6, 6.07) is 79.3. The fraction of sp³-hybridized carbons (Fsp3) is 0.0746. The molecule has 5 heteroatoms. The Morgan fingerprint density at radius 3 is 1.24 bits per heavy atom. The van der Waals surface area contributed by atoms with Gasteiger partial charge in [0, 0.05) is 53.2 Å². The van der Waals surface area contributed by atoms with Crippen LogP contribution in [0.4, 0.5) is 34.1 Å². The van der Waals surface area contributed by atoms with E-state index in [-0.39, 0.29) is 6.71 Å². The Morgan fingerprint density at radius 2 is 0.736 bits per heavy atom. The Balaban J connectivity index is 1.05. The second-order valence-corrected chi connectivity index (χ2v) is 22.9. The highest BCUT2D eigenvalue weighted by molar-refractivity contribution is 7.37. The Morgan fingerprint density at radius 1 is 0.347 bits per heavy atom. The van der Waals surface area contributed by atoms with Crippen molar-refractivity contribution in [3.8, 4) is 44.5 Å². The number of aryl methyl sites for hydroxylation is 3. The lowest BCUT2D eigenvalue weighted by molar-refractivity contribution is 0.810. The maximum atomic E-state index is 2.68. The normalized spacial score (nSPS) is 15.3. The highest BCUT2D eigenvalue weighted by atomic mass is 32.1. The number of fused-ring (bicyclic) bond motifs is 26. The highest BCUT2D eigenvalue weighted by Crippen LogP contribution is 2.69. The van der Waals surface area contributed by atoms with Gasteiger partial charge in [0.2, 0.25) is 0 Å². The van der Waals surface area contributed by atoms with Gasteiger partial charge in [0.25, 0.3) is 6.71 Å². The summed E-state index contributed by atoms with van der Waals surface area (Å²) in [5, 5.41) is 0. The molecule has 0 atom stereocenters. The van der Waals surface area contributed by atoms with Gasteiger partial charge in [0.05, 0.1) is 22.2 Å². The van der Waals surface area contributed by atoms with Crippen LogP contribution in [-0.2, 0) is 10.8 Å². The van der Waals surface area contributed by atoms with E-state index in [2.05, 4.69) is 260 Å². The molecule has 0 saturated carbocycles. The van der Waals surface area contributed by atoms with Crippen molar-refractivity contribution in [2.45, 2.75) is 31.6 Å². The van der Waals surface area contributed by atoms with Gasteiger partial charge in [-0.05, 0) is 135 Å². The van der Waals surface area contributed by atoms with Crippen molar-refractivity contribution in [3.05, 3.63) is 266 Å². The first kappa shape index (κ1) is 39.7. The second-order valence-electron chi connectivity index (χ2n) is 20.8. The quantitative estimate of drug-likeness (QED) is 0.159. The van der Waals surface area contributed by atoms with Gasteiger partial charge in [-0.25, -0.2) is 0 Å². The van der Waals surface area contributed by atoms with Crippen LogP contribution in [0.1, 0.15) is 59.8 Å². The van der Waals surface area contributed by atoms with Crippen LogP contribution in [0.25, 0.3) is 44.5 Å². The number of rotatable bonds is 2. The first-order valence-corrected chi connectivity index (χ1v) is 26.9. The zero-order valence-corrected chi connectivity index (χ0v) is 41.6. The maximum absolute atomic E-state index is 2.68. The average Bonchev–Trinajstić information content (AvgIpc) is 4.26. The number of hydrogen-bond donors (Lipinski definition) is 0. The van der Waals surface area contributed by atoms with Gasteiger partial charge in [-0.3, -0.25) is 0 Å². The topological polar surface area (TPSA) is 6.48 Å². The number of nitrogens with zero attached hydrogens (tertiary/aromatic N) is 2. The molecule has 6 aliphatic rings. The van der Waals surface area contributed by atoms with Crippen LogP contribution in [0.3, 0.4) is 0 Å². The third-order valence-electron chi connectivity index (χ3n) is 17.2. The van der Waals surface area contributed by atoms with Crippen molar-refractivity contribution < 1.29 is 0 Å². The Kier molecular flexibility index (Phi) is 7.57. The summed E-state index contributed by atoms with van der Waals surface area (Å²) >= 11 is 4.17. The molecule has 0 unspecified atom stereocenters. The lowest BCUT2D eigenvalue weighted by atomic mass is 9.39. The molecule has 336 valence electrons.